The van der Waals surface area contributed by atoms with E-state index in [0.29, 0.717) is 19.0 Å². The fraction of sp³-hybridized carbons (Fsp3) is 0.231. The molecule has 2 aromatic rings. The molecule has 0 radical (unpaired) electrons. The third kappa shape index (κ3) is 2.07. The Balaban J connectivity index is 1.98. The molecule has 1 aromatic carbocycles. The van der Waals surface area contributed by atoms with Gasteiger partial charge in [0.15, 0.2) is 11.5 Å². The highest BCUT2D eigenvalue weighted by atomic mass is 16.5. The standard InChI is InChI=1S/C13H13N3O2/c14-13-8-15-10(7-16-13)9-2-3-11-12(6-9)18-5-1-4-17-11/h2-3,6-8H,1,4-5H2,(H2,14,16). The van der Waals surface area contributed by atoms with Gasteiger partial charge < -0.3 is 15.2 Å². The van der Waals surface area contributed by atoms with Crippen LogP contribution in [0.5, 0.6) is 11.5 Å². The van der Waals surface area contributed by atoms with Gasteiger partial charge in [-0.2, -0.15) is 0 Å². The molecule has 2 N–H and O–H groups in total. The van der Waals surface area contributed by atoms with Crippen molar-refractivity contribution in [2.24, 2.45) is 0 Å². The average molecular weight is 243 g/mol. The topological polar surface area (TPSA) is 70.3 Å². The smallest absolute Gasteiger partial charge is 0.161 e. The second-order valence-corrected chi connectivity index (χ2v) is 4.04. The maximum Gasteiger partial charge on any atom is 0.161 e. The van der Waals surface area contributed by atoms with E-state index >= 15 is 0 Å². The van der Waals surface area contributed by atoms with E-state index in [1.54, 1.807) is 12.4 Å². The molecule has 92 valence electrons. The molecule has 5 heteroatoms. The molecule has 0 amide bonds. The van der Waals surface area contributed by atoms with Crippen molar-refractivity contribution < 1.29 is 9.47 Å². The van der Waals surface area contributed by atoms with Gasteiger partial charge in [0.25, 0.3) is 0 Å². The largest absolute Gasteiger partial charge is 0.490 e. The Hall–Kier alpha value is -2.30. The first-order chi connectivity index (χ1) is 8.83. The molecular formula is C13H13N3O2. The van der Waals surface area contributed by atoms with Gasteiger partial charge in [-0.05, 0) is 18.2 Å². The zero-order valence-corrected chi connectivity index (χ0v) is 9.80. The number of fused-ring (bicyclic) bond motifs is 1. The van der Waals surface area contributed by atoms with Crippen LogP contribution in [0.3, 0.4) is 0 Å². The number of nitrogens with two attached hydrogens (primary N) is 1. The molecule has 0 atom stereocenters. The van der Waals surface area contributed by atoms with E-state index in [-0.39, 0.29) is 0 Å². The van der Waals surface area contributed by atoms with Crippen LogP contribution in [-0.2, 0) is 0 Å². The molecule has 0 saturated heterocycles. The lowest BCUT2D eigenvalue weighted by atomic mass is 10.1. The first-order valence-electron chi connectivity index (χ1n) is 5.80. The van der Waals surface area contributed by atoms with Gasteiger partial charge in [0, 0.05) is 12.0 Å². The van der Waals surface area contributed by atoms with Crippen molar-refractivity contribution in [2.45, 2.75) is 6.42 Å². The predicted molar refractivity (Wildman–Crippen MR) is 67.5 cm³/mol. The number of benzene rings is 1. The number of rotatable bonds is 1. The number of nitrogen functional groups attached to an aromatic ring is 1. The van der Waals surface area contributed by atoms with Crippen molar-refractivity contribution in [3.05, 3.63) is 30.6 Å². The zero-order chi connectivity index (χ0) is 12.4. The molecule has 0 bridgehead atoms. The van der Waals surface area contributed by atoms with E-state index in [1.165, 1.54) is 0 Å². The Morgan fingerprint density at radius 3 is 2.61 bits per heavy atom. The fourth-order valence-electron chi connectivity index (χ4n) is 1.81. The molecule has 2 heterocycles. The van der Waals surface area contributed by atoms with E-state index in [0.717, 1.165) is 29.2 Å². The van der Waals surface area contributed by atoms with Crippen LogP contribution >= 0.6 is 0 Å². The van der Waals surface area contributed by atoms with Crippen LogP contribution in [0.15, 0.2) is 30.6 Å². The van der Waals surface area contributed by atoms with Crippen molar-refractivity contribution in [3.8, 4) is 22.8 Å². The molecule has 5 nitrogen and oxygen atoms in total. The number of hydrogen-bond donors (Lipinski definition) is 1. The summed E-state index contributed by atoms with van der Waals surface area (Å²) < 4.78 is 11.2. The minimum atomic E-state index is 0.410. The summed E-state index contributed by atoms with van der Waals surface area (Å²) in [6.07, 6.45) is 4.08. The van der Waals surface area contributed by atoms with Crippen molar-refractivity contribution >= 4 is 5.82 Å². The number of nitrogens with zero attached hydrogens (tertiary/aromatic N) is 2. The first kappa shape index (κ1) is 10.8. The lowest BCUT2D eigenvalue weighted by molar-refractivity contribution is 0.297. The summed E-state index contributed by atoms with van der Waals surface area (Å²) in [5.41, 5.74) is 7.22. The summed E-state index contributed by atoms with van der Waals surface area (Å²) in [7, 11) is 0. The van der Waals surface area contributed by atoms with Crippen LogP contribution in [0.1, 0.15) is 6.42 Å². The Kier molecular flexibility index (Phi) is 2.72. The van der Waals surface area contributed by atoms with Crippen molar-refractivity contribution in [1.82, 2.24) is 9.97 Å². The third-order valence-electron chi connectivity index (χ3n) is 2.72. The summed E-state index contributed by atoms with van der Waals surface area (Å²) in [4.78, 5) is 8.27. The minimum absolute atomic E-state index is 0.410. The van der Waals surface area contributed by atoms with E-state index < -0.39 is 0 Å². The zero-order valence-electron chi connectivity index (χ0n) is 9.80. The first-order valence-corrected chi connectivity index (χ1v) is 5.80. The number of aromatic nitrogens is 2. The van der Waals surface area contributed by atoms with Gasteiger partial charge >= 0.3 is 0 Å². The molecular weight excluding hydrogens is 230 g/mol. The van der Waals surface area contributed by atoms with Crippen LogP contribution in [-0.4, -0.2) is 23.2 Å². The summed E-state index contributed by atoms with van der Waals surface area (Å²) in [5, 5.41) is 0. The van der Waals surface area contributed by atoms with Crippen LogP contribution < -0.4 is 15.2 Å². The van der Waals surface area contributed by atoms with E-state index in [9.17, 15) is 0 Å². The minimum Gasteiger partial charge on any atom is -0.490 e. The van der Waals surface area contributed by atoms with Crippen molar-refractivity contribution in [3.63, 3.8) is 0 Å². The van der Waals surface area contributed by atoms with Crippen molar-refractivity contribution in [2.75, 3.05) is 18.9 Å². The highest BCUT2D eigenvalue weighted by molar-refractivity contribution is 5.63. The van der Waals surface area contributed by atoms with Crippen LogP contribution in [0.25, 0.3) is 11.3 Å². The summed E-state index contributed by atoms with van der Waals surface area (Å²) in [6.45, 7) is 1.36. The monoisotopic (exact) mass is 243 g/mol. The third-order valence-corrected chi connectivity index (χ3v) is 2.72. The van der Waals surface area contributed by atoms with E-state index in [4.69, 9.17) is 15.2 Å². The van der Waals surface area contributed by atoms with Gasteiger partial charge in [-0.1, -0.05) is 0 Å². The number of hydrogen-bond acceptors (Lipinski definition) is 5. The van der Waals surface area contributed by atoms with Gasteiger partial charge in [0.2, 0.25) is 0 Å². The van der Waals surface area contributed by atoms with Crippen LogP contribution in [0, 0.1) is 0 Å². The molecule has 1 aliphatic heterocycles. The second kappa shape index (κ2) is 4.52. The summed E-state index contributed by atoms with van der Waals surface area (Å²) >= 11 is 0. The molecule has 0 fully saturated rings. The maximum atomic E-state index is 5.64. The Labute approximate surface area is 105 Å². The molecule has 18 heavy (non-hydrogen) atoms. The Bertz CT molecular complexity index is 555. The lowest BCUT2D eigenvalue weighted by Gasteiger charge is -2.08. The van der Waals surface area contributed by atoms with Gasteiger partial charge in [-0.25, -0.2) is 4.98 Å². The lowest BCUT2D eigenvalue weighted by Crippen LogP contribution is -1.97. The van der Waals surface area contributed by atoms with Gasteiger partial charge in [-0.15, -0.1) is 0 Å². The molecule has 0 aliphatic carbocycles. The fourth-order valence-corrected chi connectivity index (χ4v) is 1.81. The highest BCUT2D eigenvalue weighted by Crippen LogP contribution is 2.33. The van der Waals surface area contributed by atoms with Gasteiger partial charge in [0.1, 0.15) is 5.82 Å². The van der Waals surface area contributed by atoms with Crippen LogP contribution in [0.4, 0.5) is 5.82 Å². The van der Waals surface area contributed by atoms with E-state index in [2.05, 4.69) is 9.97 Å². The average Bonchev–Trinajstić information content (AvgIpc) is 2.64. The summed E-state index contributed by atoms with van der Waals surface area (Å²) in [5.74, 6) is 1.94. The normalized spacial score (nSPS) is 14.0. The quantitative estimate of drug-likeness (QED) is 0.828. The Morgan fingerprint density at radius 2 is 1.83 bits per heavy atom. The molecule has 1 aliphatic rings. The van der Waals surface area contributed by atoms with Crippen LogP contribution in [0.2, 0.25) is 0 Å². The molecule has 0 spiro atoms. The summed E-state index contributed by atoms with van der Waals surface area (Å²) in [6, 6.07) is 5.75. The van der Waals surface area contributed by atoms with Gasteiger partial charge in [-0.3, -0.25) is 4.98 Å². The second-order valence-electron chi connectivity index (χ2n) is 4.04. The maximum absolute atomic E-state index is 5.64. The predicted octanol–water partition coefficient (Wildman–Crippen LogP) is 1.89. The molecule has 0 unspecified atom stereocenters. The highest BCUT2D eigenvalue weighted by Gasteiger charge is 2.11. The number of anilines is 1. The van der Waals surface area contributed by atoms with E-state index in [1.807, 2.05) is 18.2 Å². The van der Waals surface area contributed by atoms with Gasteiger partial charge in [0.05, 0.1) is 31.3 Å². The molecule has 0 saturated carbocycles. The van der Waals surface area contributed by atoms with Crippen molar-refractivity contribution in [1.29, 1.82) is 0 Å². The molecule has 3 rings (SSSR count). The number of ether oxygens (including phenoxy) is 2. The SMILES string of the molecule is Nc1cnc(-c2ccc3c(c2)OCCCO3)cn1. The molecule has 1 aromatic heterocycles. The Morgan fingerprint density at radius 1 is 1.00 bits per heavy atom.